The molecule has 1 atom stereocenters. The molecular weight excluding hydrogens is 301 g/mol. The van der Waals surface area contributed by atoms with Crippen LogP contribution in [0.25, 0.3) is 0 Å². The highest BCUT2D eigenvalue weighted by atomic mass is 32.2. The summed E-state index contributed by atoms with van der Waals surface area (Å²) in [6.07, 6.45) is 0. The van der Waals surface area contributed by atoms with E-state index in [1.165, 1.54) is 23.9 Å². The van der Waals surface area contributed by atoms with Gasteiger partial charge in [-0.1, -0.05) is 12.1 Å². The van der Waals surface area contributed by atoms with Crippen LogP contribution >= 0.6 is 11.8 Å². The highest BCUT2D eigenvalue weighted by Gasteiger charge is 2.10. The van der Waals surface area contributed by atoms with E-state index < -0.39 is 0 Å². The van der Waals surface area contributed by atoms with Gasteiger partial charge in [0.05, 0.1) is 18.9 Å². The number of amides is 1. The molecule has 0 radical (unpaired) electrons. The molecule has 2 rings (SSSR count). The summed E-state index contributed by atoms with van der Waals surface area (Å²) in [7, 11) is 1.62. The van der Waals surface area contributed by atoms with Gasteiger partial charge in [-0.3, -0.25) is 4.79 Å². The molecule has 116 valence electrons. The molecule has 5 heteroatoms. The lowest BCUT2D eigenvalue weighted by atomic mass is 10.1. The van der Waals surface area contributed by atoms with Crippen LogP contribution in [0, 0.1) is 5.82 Å². The summed E-state index contributed by atoms with van der Waals surface area (Å²) in [5.74, 6) is 0.784. The molecular formula is C17H18FNO2S. The first kappa shape index (κ1) is 16.4. The second-order valence-electron chi connectivity index (χ2n) is 4.80. The van der Waals surface area contributed by atoms with Crippen molar-refractivity contribution < 1.29 is 13.9 Å². The number of carbonyl (C=O) groups excluding carboxylic acids is 1. The molecule has 2 aromatic carbocycles. The average molecular weight is 319 g/mol. The normalized spacial score (nSPS) is 11.8. The Morgan fingerprint density at radius 2 is 1.82 bits per heavy atom. The SMILES string of the molecule is COc1ccc(SCC(=O)NC(C)c2ccc(F)cc2)cc1. The van der Waals surface area contributed by atoms with Gasteiger partial charge in [-0.2, -0.15) is 0 Å². The molecule has 0 aliphatic heterocycles. The van der Waals surface area contributed by atoms with Crippen molar-refractivity contribution in [2.24, 2.45) is 0 Å². The molecule has 0 aliphatic rings. The van der Waals surface area contributed by atoms with E-state index in [2.05, 4.69) is 5.32 Å². The third kappa shape index (κ3) is 4.77. The Morgan fingerprint density at radius 1 is 1.18 bits per heavy atom. The number of methoxy groups -OCH3 is 1. The van der Waals surface area contributed by atoms with Crippen LogP contribution < -0.4 is 10.1 Å². The second-order valence-corrected chi connectivity index (χ2v) is 5.85. The highest BCUT2D eigenvalue weighted by Crippen LogP contribution is 2.21. The Hall–Kier alpha value is -2.01. The third-order valence-electron chi connectivity index (χ3n) is 3.18. The number of carbonyl (C=O) groups is 1. The summed E-state index contributed by atoms with van der Waals surface area (Å²) in [5.41, 5.74) is 0.879. The van der Waals surface area contributed by atoms with Crippen molar-refractivity contribution in [2.75, 3.05) is 12.9 Å². The lowest BCUT2D eigenvalue weighted by Gasteiger charge is -2.14. The predicted octanol–water partition coefficient (Wildman–Crippen LogP) is 3.80. The molecule has 0 saturated carbocycles. The van der Waals surface area contributed by atoms with E-state index in [1.807, 2.05) is 31.2 Å². The quantitative estimate of drug-likeness (QED) is 0.823. The molecule has 0 aromatic heterocycles. The Bertz CT molecular complexity index is 614. The van der Waals surface area contributed by atoms with Gasteiger partial charge in [-0.25, -0.2) is 4.39 Å². The zero-order chi connectivity index (χ0) is 15.9. The average Bonchev–Trinajstić information content (AvgIpc) is 2.54. The molecule has 22 heavy (non-hydrogen) atoms. The zero-order valence-electron chi connectivity index (χ0n) is 12.5. The summed E-state index contributed by atoms with van der Waals surface area (Å²) in [6, 6.07) is 13.6. The summed E-state index contributed by atoms with van der Waals surface area (Å²) in [5, 5.41) is 2.90. The van der Waals surface area contributed by atoms with E-state index >= 15 is 0 Å². The minimum atomic E-state index is -0.280. The number of hydrogen-bond acceptors (Lipinski definition) is 3. The molecule has 3 nitrogen and oxygen atoms in total. The van der Waals surface area contributed by atoms with Crippen LogP contribution in [0.3, 0.4) is 0 Å². The van der Waals surface area contributed by atoms with Gasteiger partial charge in [-0.15, -0.1) is 11.8 Å². The first-order valence-electron chi connectivity index (χ1n) is 6.90. The molecule has 2 aromatic rings. The van der Waals surface area contributed by atoms with Gasteiger partial charge in [0.15, 0.2) is 0 Å². The van der Waals surface area contributed by atoms with Crippen LogP contribution in [0.4, 0.5) is 4.39 Å². The van der Waals surface area contributed by atoms with Crippen LogP contribution in [-0.4, -0.2) is 18.8 Å². The van der Waals surface area contributed by atoms with Crippen molar-refractivity contribution in [3.8, 4) is 5.75 Å². The number of rotatable bonds is 6. The predicted molar refractivity (Wildman–Crippen MR) is 86.7 cm³/mol. The number of nitrogens with one attached hydrogen (secondary N) is 1. The van der Waals surface area contributed by atoms with Gasteiger partial charge >= 0.3 is 0 Å². The van der Waals surface area contributed by atoms with Crippen LogP contribution in [0.2, 0.25) is 0 Å². The zero-order valence-corrected chi connectivity index (χ0v) is 13.3. The summed E-state index contributed by atoms with van der Waals surface area (Å²) >= 11 is 1.46. The summed E-state index contributed by atoms with van der Waals surface area (Å²) in [4.78, 5) is 13.0. The fourth-order valence-electron chi connectivity index (χ4n) is 1.94. The van der Waals surface area contributed by atoms with Gasteiger partial charge < -0.3 is 10.1 Å². The lowest BCUT2D eigenvalue weighted by Crippen LogP contribution is -2.28. The maximum atomic E-state index is 12.9. The minimum absolute atomic E-state index is 0.0577. The number of ether oxygens (including phenoxy) is 1. The van der Waals surface area contributed by atoms with Crippen molar-refractivity contribution in [1.82, 2.24) is 5.32 Å². The minimum Gasteiger partial charge on any atom is -0.497 e. The third-order valence-corrected chi connectivity index (χ3v) is 4.19. The molecule has 0 heterocycles. The van der Waals surface area contributed by atoms with E-state index in [0.717, 1.165) is 16.2 Å². The van der Waals surface area contributed by atoms with E-state index in [4.69, 9.17) is 4.74 Å². The van der Waals surface area contributed by atoms with Gasteiger partial charge in [0.2, 0.25) is 5.91 Å². The standard InChI is InChI=1S/C17H18FNO2S/c1-12(13-3-5-14(18)6-4-13)19-17(20)11-22-16-9-7-15(21-2)8-10-16/h3-10,12H,11H2,1-2H3,(H,19,20). The first-order valence-corrected chi connectivity index (χ1v) is 7.88. The molecule has 0 aliphatic carbocycles. The second kappa shape index (κ2) is 7.84. The molecule has 1 unspecified atom stereocenters. The van der Waals surface area contributed by atoms with E-state index in [1.54, 1.807) is 19.2 Å². The highest BCUT2D eigenvalue weighted by molar-refractivity contribution is 8.00. The van der Waals surface area contributed by atoms with Crippen LogP contribution in [0.1, 0.15) is 18.5 Å². The molecule has 0 spiro atoms. The van der Waals surface area contributed by atoms with Gasteiger partial charge in [0, 0.05) is 4.90 Å². The monoisotopic (exact) mass is 319 g/mol. The van der Waals surface area contributed by atoms with Crippen LogP contribution in [0.5, 0.6) is 5.75 Å². The first-order chi connectivity index (χ1) is 10.6. The largest absolute Gasteiger partial charge is 0.497 e. The Balaban J connectivity index is 1.83. The van der Waals surface area contributed by atoms with Crippen LogP contribution in [-0.2, 0) is 4.79 Å². The maximum Gasteiger partial charge on any atom is 0.230 e. The number of benzene rings is 2. The smallest absolute Gasteiger partial charge is 0.230 e. The molecule has 0 bridgehead atoms. The lowest BCUT2D eigenvalue weighted by molar-refractivity contribution is -0.119. The Morgan fingerprint density at radius 3 is 2.41 bits per heavy atom. The fourth-order valence-corrected chi connectivity index (χ4v) is 2.65. The van der Waals surface area contributed by atoms with Gasteiger partial charge in [-0.05, 0) is 48.9 Å². The Kier molecular flexibility index (Phi) is 5.83. The van der Waals surface area contributed by atoms with E-state index in [0.29, 0.717) is 5.75 Å². The number of thioether (sulfide) groups is 1. The van der Waals surface area contributed by atoms with Gasteiger partial charge in [0.1, 0.15) is 11.6 Å². The fraction of sp³-hybridized carbons (Fsp3) is 0.235. The van der Waals surface area contributed by atoms with Crippen LogP contribution in [0.15, 0.2) is 53.4 Å². The number of halogens is 1. The topological polar surface area (TPSA) is 38.3 Å². The molecule has 1 N–H and O–H groups in total. The van der Waals surface area contributed by atoms with E-state index in [-0.39, 0.29) is 17.8 Å². The molecule has 0 fully saturated rings. The van der Waals surface area contributed by atoms with Crippen molar-refractivity contribution in [1.29, 1.82) is 0 Å². The summed E-state index contributed by atoms with van der Waals surface area (Å²) in [6.45, 7) is 1.88. The Labute approximate surface area is 133 Å². The number of hydrogen-bond donors (Lipinski definition) is 1. The van der Waals surface area contributed by atoms with Crippen molar-refractivity contribution in [3.05, 3.63) is 59.9 Å². The molecule has 1 amide bonds. The van der Waals surface area contributed by atoms with E-state index in [9.17, 15) is 9.18 Å². The van der Waals surface area contributed by atoms with Crippen molar-refractivity contribution in [3.63, 3.8) is 0 Å². The summed E-state index contributed by atoms with van der Waals surface area (Å²) < 4.78 is 18.0. The van der Waals surface area contributed by atoms with Crippen molar-refractivity contribution >= 4 is 17.7 Å². The maximum absolute atomic E-state index is 12.9. The van der Waals surface area contributed by atoms with Gasteiger partial charge in [0.25, 0.3) is 0 Å². The molecule has 0 saturated heterocycles. The van der Waals surface area contributed by atoms with Crippen molar-refractivity contribution in [2.45, 2.75) is 17.9 Å².